The van der Waals surface area contributed by atoms with Crippen LogP contribution in [-0.4, -0.2) is 106 Å². The van der Waals surface area contributed by atoms with E-state index in [-0.39, 0.29) is 30.8 Å². The molecule has 1 unspecified atom stereocenters. The van der Waals surface area contributed by atoms with Crippen LogP contribution in [0.4, 0.5) is 4.39 Å². The molecule has 1 saturated heterocycles. The van der Waals surface area contributed by atoms with Crippen molar-refractivity contribution in [3.05, 3.63) is 131 Å². The van der Waals surface area contributed by atoms with Gasteiger partial charge in [-0.3, -0.25) is 4.90 Å². The number of ether oxygens (including phenoxy) is 4. The third kappa shape index (κ3) is 9.64. The topological polar surface area (TPSA) is 132 Å². The lowest BCUT2D eigenvalue weighted by Crippen LogP contribution is -2.47. The van der Waals surface area contributed by atoms with Crippen LogP contribution in [0.2, 0.25) is 0 Å². The summed E-state index contributed by atoms with van der Waals surface area (Å²) >= 11 is 8.52. The number of carboxylic acid groups (broad SMARTS) is 1. The zero-order valence-corrected chi connectivity index (χ0v) is 36.7. The third-order valence-corrected chi connectivity index (χ3v) is 12.9. The highest BCUT2D eigenvalue weighted by atomic mass is 35.5. The number of nitrogens with zero attached hydrogens (tertiary/aromatic N) is 6. The first-order chi connectivity index (χ1) is 31.2. The zero-order chi connectivity index (χ0) is 44.2. The Labute approximate surface area is 379 Å². The van der Waals surface area contributed by atoms with Gasteiger partial charge in [0.05, 0.1) is 34.9 Å². The second kappa shape index (κ2) is 19.3. The van der Waals surface area contributed by atoms with Gasteiger partial charge in [-0.2, -0.15) is 0 Å². The van der Waals surface area contributed by atoms with Crippen molar-refractivity contribution in [3.63, 3.8) is 0 Å². The molecule has 3 aliphatic rings. The van der Waals surface area contributed by atoms with Gasteiger partial charge in [-0.05, 0) is 90.7 Å². The fourth-order valence-electron chi connectivity index (χ4n) is 8.08. The van der Waals surface area contributed by atoms with E-state index in [1.165, 1.54) is 29.8 Å². The molecule has 9 rings (SSSR count). The highest BCUT2D eigenvalue weighted by Gasteiger charge is 2.30. The number of aromatic nitrogens is 4. The predicted molar refractivity (Wildman–Crippen MR) is 244 cm³/mol. The molecule has 12 nitrogen and oxygen atoms in total. The molecule has 1 fully saturated rings. The molecule has 0 amide bonds. The first kappa shape index (κ1) is 43.1. The van der Waals surface area contributed by atoms with Gasteiger partial charge in [0.1, 0.15) is 35.1 Å². The third-order valence-electron chi connectivity index (χ3n) is 11.5. The van der Waals surface area contributed by atoms with Gasteiger partial charge in [-0.15, -0.1) is 11.3 Å². The van der Waals surface area contributed by atoms with Crippen molar-refractivity contribution >= 4 is 44.7 Å². The van der Waals surface area contributed by atoms with Crippen molar-refractivity contribution in [1.82, 2.24) is 29.7 Å². The van der Waals surface area contributed by atoms with Gasteiger partial charge in [0.25, 0.3) is 0 Å². The Kier molecular flexibility index (Phi) is 13.0. The van der Waals surface area contributed by atoms with E-state index < -0.39 is 18.2 Å². The van der Waals surface area contributed by atoms with E-state index in [0.717, 1.165) is 42.2 Å². The molecule has 1 aliphatic carbocycles. The van der Waals surface area contributed by atoms with Gasteiger partial charge in [0.15, 0.2) is 11.9 Å². The molecule has 1 N–H and O–H groups in total. The Morgan fingerprint density at radius 2 is 1.86 bits per heavy atom. The van der Waals surface area contributed by atoms with E-state index in [1.54, 1.807) is 37.6 Å². The SMILES string of the molecule is COc1ccccc1-c1nccc(COc2ccc3cc2C[C@@H](C(=O)O)Oc2ncnc4sc(-c5ccc(F)cc5)c(c24)C2=CC#CC(O[C@@H](CN4CCN(C)CC4)CC3)C(Cl)=C2)n1. The van der Waals surface area contributed by atoms with Crippen LogP contribution in [0.5, 0.6) is 17.4 Å². The summed E-state index contributed by atoms with van der Waals surface area (Å²) in [5.74, 6) is 6.53. The van der Waals surface area contributed by atoms with Crippen molar-refractivity contribution in [1.29, 1.82) is 0 Å². The number of carboxylic acids is 1. The lowest BCUT2D eigenvalue weighted by atomic mass is 9.99. The number of benzene rings is 3. The Bertz CT molecular complexity index is 2820. The minimum atomic E-state index is -1.40. The van der Waals surface area contributed by atoms with Crippen molar-refractivity contribution < 1.29 is 33.2 Å². The number of hydrogen-bond acceptors (Lipinski definition) is 12. The highest BCUT2D eigenvalue weighted by molar-refractivity contribution is 7.22. The molecule has 64 heavy (non-hydrogen) atoms. The number of likely N-dealkylation sites (N-methyl/N-ethyl adjacent to an activating group) is 1. The number of hydrogen-bond donors (Lipinski definition) is 1. The molecule has 326 valence electrons. The van der Waals surface area contributed by atoms with Crippen LogP contribution < -0.4 is 14.2 Å². The molecule has 0 saturated carbocycles. The average molecular weight is 899 g/mol. The molecule has 0 spiro atoms. The van der Waals surface area contributed by atoms with Gasteiger partial charge in [-0.25, -0.2) is 29.1 Å². The first-order valence-corrected chi connectivity index (χ1v) is 22.2. The molecule has 3 atom stereocenters. The van der Waals surface area contributed by atoms with Crippen LogP contribution in [0, 0.1) is 17.7 Å². The Morgan fingerprint density at radius 3 is 2.67 bits per heavy atom. The molecular weight excluding hydrogens is 855 g/mol. The largest absolute Gasteiger partial charge is 0.496 e. The van der Waals surface area contributed by atoms with E-state index in [4.69, 9.17) is 35.5 Å². The first-order valence-electron chi connectivity index (χ1n) is 21.0. The summed E-state index contributed by atoms with van der Waals surface area (Å²) in [6, 6.07) is 21.3. The maximum absolute atomic E-state index is 14.3. The van der Waals surface area contributed by atoms with Crippen molar-refractivity contribution in [2.24, 2.45) is 0 Å². The number of aryl methyl sites for hydroxylation is 1. The molecule has 15 heteroatoms. The maximum Gasteiger partial charge on any atom is 0.345 e. The summed E-state index contributed by atoms with van der Waals surface area (Å²) in [6.07, 6.45) is 5.42. The molecule has 3 aromatic carbocycles. The number of carbonyl (C=O) groups is 1. The molecular formula is C49H44ClFN6O6S. The summed E-state index contributed by atoms with van der Waals surface area (Å²) < 4.78 is 39.6. The van der Waals surface area contributed by atoms with Crippen LogP contribution in [0.3, 0.4) is 0 Å². The van der Waals surface area contributed by atoms with Crippen molar-refractivity contribution in [2.45, 2.75) is 44.2 Å². The quantitative estimate of drug-likeness (QED) is 0.141. The minimum absolute atomic E-state index is 0.0618. The molecule has 6 aromatic rings. The average Bonchev–Trinajstić information content (AvgIpc) is 3.61. The standard InChI is InChI=1S/C49H44ClFN6O6S/c1-56-20-22-57(23-21-56)27-36-16-10-30-11-17-39(61-28-35-18-19-52-46(55-35)37-7-3-4-8-40(37)60-2)33(24-30)26-42(49(58)59)63-47-44-43(32-6-5-9-41(62-36)38(50)25-32)45(64-48(44)54-29-53-47)31-12-14-34(51)15-13-31/h3-4,6-8,11-15,17-19,24-25,29,36,41-42H,10,16,20-23,26-28H2,1-2H3,(H,58,59)/t36-,41?,42+/m1/s1. The van der Waals surface area contributed by atoms with E-state index in [9.17, 15) is 14.3 Å². The van der Waals surface area contributed by atoms with Gasteiger partial charge < -0.3 is 29.0 Å². The van der Waals surface area contributed by atoms with Crippen LogP contribution in [-0.2, 0) is 29.0 Å². The smallest absolute Gasteiger partial charge is 0.345 e. The van der Waals surface area contributed by atoms with E-state index >= 15 is 0 Å². The minimum Gasteiger partial charge on any atom is -0.496 e. The fraction of sp³-hybridized carbons (Fsp3) is 0.286. The number of methoxy groups -OCH3 is 1. The number of thiophene rings is 1. The number of aliphatic carboxylic acids is 1. The highest BCUT2D eigenvalue weighted by Crippen LogP contribution is 2.46. The molecule has 4 bridgehead atoms. The maximum atomic E-state index is 14.3. The number of allylic oxidation sites excluding steroid dienone is 3. The summed E-state index contributed by atoms with van der Waals surface area (Å²) in [7, 11) is 3.73. The Morgan fingerprint density at radius 1 is 1.03 bits per heavy atom. The van der Waals surface area contributed by atoms with E-state index in [1.807, 2.05) is 48.5 Å². The Hall–Kier alpha value is -6.21. The van der Waals surface area contributed by atoms with Crippen molar-refractivity contribution in [3.8, 4) is 51.0 Å². The van der Waals surface area contributed by atoms with Gasteiger partial charge in [0, 0.05) is 55.8 Å². The Balaban J connectivity index is 1.12. The number of piperazine rings is 1. The summed E-state index contributed by atoms with van der Waals surface area (Å²) in [5.41, 5.74) is 4.92. The lowest BCUT2D eigenvalue weighted by molar-refractivity contribution is -0.145. The van der Waals surface area contributed by atoms with Crippen LogP contribution in [0.1, 0.15) is 28.8 Å². The number of rotatable bonds is 9. The summed E-state index contributed by atoms with van der Waals surface area (Å²) in [4.78, 5) is 37.6. The molecule has 5 heterocycles. The zero-order valence-electron chi connectivity index (χ0n) is 35.2. The second-order valence-corrected chi connectivity index (χ2v) is 17.3. The lowest BCUT2D eigenvalue weighted by Gasteiger charge is -2.35. The second-order valence-electron chi connectivity index (χ2n) is 15.8. The monoisotopic (exact) mass is 898 g/mol. The fourth-order valence-corrected chi connectivity index (χ4v) is 9.46. The number of para-hydroxylation sites is 1. The van der Waals surface area contributed by atoms with E-state index in [2.05, 4.69) is 43.6 Å². The van der Waals surface area contributed by atoms with Crippen molar-refractivity contribution in [2.75, 3.05) is 46.9 Å². The van der Waals surface area contributed by atoms with Gasteiger partial charge >= 0.3 is 5.97 Å². The molecule has 0 radical (unpaired) electrons. The summed E-state index contributed by atoms with van der Waals surface area (Å²) in [6.45, 7) is 4.48. The van der Waals surface area contributed by atoms with Crippen LogP contribution in [0.25, 0.3) is 37.6 Å². The number of fused-ring (bicyclic) bond motifs is 5. The predicted octanol–water partition coefficient (Wildman–Crippen LogP) is 8.09. The summed E-state index contributed by atoms with van der Waals surface area (Å²) in [5, 5.41) is 11.7. The van der Waals surface area contributed by atoms with Gasteiger partial charge in [-0.1, -0.05) is 59.8 Å². The number of halogens is 2. The van der Waals surface area contributed by atoms with Crippen LogP contribution in [0.15, 0.2) is 103 Å². The van der Waals surface area contributed by atoms with E-state index in [0.29, 0.717) is 79.9 Å². The van der Waals surface area contributed by atoms with Gasteiger partial charge in [0.2, 0.25) is 12.0 Å². The molecule has 3 aromatic heterocycles. The van der Waals surface area contributed by atoms with Crippen LogP contribution >= 0.6 is 22.9 Å². The molecule has 2 aliphatic heterocycles. The normalized spacial score (nSPS) is 19.3.